The smallest absolute Gasteiger partial charge is 0.246 e. The molecule has 2 unspecified atom stereocenters. The summed E-state index contributed by atoms with van der Waals surface area (Å²) in [6, 6.07) is 10.6. The van der Waals surface area contributed by atoms with E-state index in [1.54, 1.807) is 6.08 Å². The lowest BCUT2D eigenvalue weighted by Gasteiger charge is -2.43. The minimum absolute atomic E-state index is 0.165. The molecule has 142 valence electrons. The number of amides is 1. The number of aromatic nitrogens is 2. The largest absolute Gasteiger partial charge is 0.336 e. The molecule has 2 aromatic rings. The minimum atomic E-state index is 0.165. The molecule has 4 rings (SSSR count). The molecule has 2 aliphatic rings. The van der Waals surface area contributed by atoms with Crippen molar-refractivity contribution in [3.63, 3.8) is 0 Å². The van der Waals surface area contributed by atoms with Crippen LogP contribution in [-0.4, -0.2) is 33.2 Å². The Kier molecular flexibility index (Phi) is 5.15. The first-order valence-corrected chi connectivity index (χ1v) is 10.3. The van der Waals surface area contributed by atoms with Crippen molar-refractivity contribution in [2.45, 2.75) is 58.4 Å². The van der Waals surface area contributed by atoms with E-state index >= 15 is 0 Å². The van der Waals surface area contributed by atoms with Gasteiger partial charge in [0.25, 0.3) is 0 Å². The van der Waals surface area contributed by atoms with Crippen LogP contribution in [0.2, 0.25) is 0 Å². The van der Waals surface area contributed by atoms with Crippen LogP contribution in [0.5, 0.6) is 0 Å². The third-order valence-electron chi connectivity index (χ3n) is 6.27. The van der Waals surface area contributed by atoms with Gasteiger partial charge in [0.15, 0.2) is 0 Å². The molecule has 1 aromatic heterocycles. The second-order valence-corrected chi connectivity index (χ2v) is 7.95. The Morgan fingerprint density at radius 1 is 1.07 bits per heavy atom. The summed E-state index contributed by atoms with van der Waals surface area (Å²) >= 11 is 0. The maximum absolute atomic E-state index is 12.9. The van der Waals surface area contributed by atoms with Crippen molar-refractivity contribution in [2.24, 2.45) is 5.92 Å². The molecule has 0 bridgehead atoms. The van der Waals surface area contributed by atoms with Gasteiger partial charge in [0, 0.05) is 29.9 Å². The lowest BCUT2D eigenvalue weighted by Crippen LogP contribution is -2.49. The van der Waals surface area contributed by atoms with E-state index in [0.717, 1.165) is 35.6 Å². The number of carbonyl (C=O) groups excluding carboxylic acids is 1. The molecular formula is C23H29N3O. The molecule has 0 N–H and O–H groups in total. The van der Waals surface area contributed by atoms with Crippen LogP contribution in [0.1, 0.15) is 55.5 Å². The highest BCUT2D eigenvalue weighted by Gasteiger charge is 2.34. The molecule has 2 atom stereocenters. The zero-order valence-electron chi connectivity index (χ0n) is 16.4. The van der Waals surface area contributed by atoms with Gasteiger partial charge in [-0.15, -0.1) is 0 Å². The molecule has 1 amide bonds. The van der Waals surface area contributed by atoms with Crippen LogP contribution in [-0.2, 0) is 4.79 Å². The van der Waals surface area contributed by atoms with Crippen molar-refractivity contribution >= 4 is 12.0 Å². The van der Waals surface area contributed by atoms with E-state index in [4.69, 9.17) is 0 Å². The van der Waals surface area contributed by atoms with Gasteiger partial charge in [0.05, 0.1) is 11.4 Å². The van der Waals surface area contributed by atoms with Crippen LogP contribution in [0.15, 0.2) is 36.4 Å². The van der Waals surface area contributed by atoms with Crippen molar-refractivity contribution < 1.29 is 4.79 Å². The highest BCUT2D eigenvalue weighted by molar-refractivity contribution is 5.92. The lowest BCUT2D eigenvalue weighted by molar-refractivity contribution is -0.132. The van der Waals surface area contributed by atoms with Gasteiger partial charge in [-0.2, -0.15) is 5.10 Å². The monoisotopic (exact) mass is 363 g/mol. The summed E-state index contributed by atoms with van der Waals surface area (Å²) in [6.45, 7) is 4.98. The molecule has 2 fully saturated rings. The zero-order valence-corrected chi connectivity index (χ0v) is 16.4. The SMILES string of the molecule is Cc1nn(-c2ccccc2)c(C)c1/C=C/C(=O)N1CCCC2CCCCC21. The fraction of sp³-hybridized carbons (Fsp3) is 0.478. The number of aryl methyl sites for hydroxylation is 1. The number of piperidine rings is 1. The molecule has 4 heteroatoms. The van der Waals surface area contributed by atoms with E-state index < -0.39 is 0 Å². The van der Waals surface area contributed by atoms with Gasteiger partial charge in [-0.05, 0) is 63.7 Å². The predicted octanol–water partition coefficient (Wildman–Crippen LogP) is 4.68. The average molecular weight is 364 g/mol. The number of nitrogens with zero attached hydrogens (tertiary/aromatic N) is 3. The Balaban J connectivity index is 1.54. The van der Waals surface area contributed by atoms with Gasteiger partial charge in [-0.3, -0.25) is 4.79 Å². The van der Waals surface area contributed by atoms with Crippen LogP contribution in [0, 0.1) is 19.8 Å². The number of benzene rings is 1. The normalized spacial score (nSPS) is 22.8. The fourth-order valence-corrected chi connectivity index (χ4v) is 4.87. The Morgan fingerprint density at radius 2 is 1.81 bits per heavy atom. The van der Waals surface area contributed by atoms with Crippen LogP contribution < -0.4 is 0 Å². The summed E-state index contributed by atoms with van der Waals surface area (Å²) < 4.78 is 1.96. The number of likely N-dealkylation sites (tertiary alicyclic amines) is 1. The average Bonchev–Trinajstić information content (AvgIpc) is 3.00. The van der Waals surface area contributed by atoms with Crippen LogP contribution in [0.25, 0.3) is 11.8 Å². The van der Waals surface area contributed by atoms with Gasteiger partial charge in [0.2, 0.25) is 5.91 Å². The number of para-hydroxylation sites is 1. The maximum atomic E-state index is 12.9. The summed E-state index contributed by atoms with van der Waals surface area (Å²) in [5.41, 5.74) is 4.11. The molecule has 1 aromatic carbocycles. The van der Waals surface area contributed by atoms with Crippen LogP contribution in [0.4, 0.5) is 0 Å². The van der Waals surface area contributed by atoms with Crippen LogP contribution in [0.3, 0.4) is 0 Å². The van der Waals surface area contributed by atoms with E-state index in [1.807, 2.05) is 35.9 Å². The van der Waals surface area contributed by atoms with Crippen molar-refractivity contribution in [2.75, 3.05) is 6.54 Å². The number of hydrogen-bond donors (Lipinski definition) is 0. The first kappa shape index (κ1) is 18.0. The van der Waals surface area contributed by atoms with Gasteiger partial charge < -0.3 is 4.90 Å². The molecule has 27 heavy (non-hydrogen) atoms. The molecule has 0 spiro atoms. The van der Waals surface area contributed by atoms with Gasteiger partial charge in [-0.25, -0.2) is 4.68 Å². The van der Waals surface area contributed by atoms with E-state index in [9.17, 15) is 4.79 Å². The molecule has 1 aliphatic heterocycles. The minimum Gasteiger partial charge on any atom is -0.336 e. The van der Waals surface area contributed by atoms with Gasteiger partial charge in [0.1, 0.15) is 0 Å². The maximum Gasteiger partial charge on any atom is 0.246 e. The summed E-state index contributed by atoms with van der Waals surface area (Å²) in [7, 11) is 0. The summed E-state index contributed by atoms with van der Waals surface area (Å²) in [4.78, 5) is 15.1. The van der Waals surface area contributed by atoms with Crippen molar-refractivity contribution in [1.82, 2.24) is 14.7 Å². The second kappa shape index (κ2) is 7.71. The van der Waals surface area contributed by atoms with Crippen molar-refractivity contribution in [3.8, 4) is 5.69 Å². The van der Waals surface area contributed by atoms with E-state index in [0.29, 0.717) is 12.0 Å². The number of fused-ring (bicyclic) bond motifs is 1. The number of rotatable bonds is 3. The molecule has 1 saturated heterocycles. The first-order valence-electron chi connectivity index (χ1n) is 10.3. The summed E-state index contributed by atoms with van der Waals surface area (Å²) in [6.07, 6.45) is 11.2. The molecule has 0 radical (unpaired) electrons. The standard InChI is InChI=1S/C23H29N3O/c1-17-21(18(2)26(24-17)20-11-4-3-5-12-20)14-15-23(27)25-16-8-10-19-9-6-7-13-22(19)25/h3-5,11-12,14-15,19,22H,6-10,13,16H2,1-2H3/b15-14+. The van der Waals surface area contributed by atoms with Crippen molar-refractivity contribution in [3.05, 3.63) is 53.4 Å². The molecular weight excluding hydrogens is 334 g/mol. The Bertz CT molecular complexity index is 835. The topological polar surface area (TPSA) is 38.1 Å². The van der Waals surface area contributed by atoms with Gasteiger partial charge in [-0.1, -0.05) is 31.0 Å². The lowest BCUT2D eigenvalue weighted by atomic mass is 9.78. The number of hydrogen-bond acceptors (Lipinski definition) is 2. The Hall–Kier alpha value is -2.36. The van der Waals surface area contributed by atoms with Crippen LogP contribution >= 0.6 is 0 Å². The highest BCUT2D eigenvalue weighted by atomic mass is 16.2. The van der Waals surface area contributed by atoms with Gasteiger partial charge >= 0.3 is 0 Å². The number of carbonyl (C=O) groups is 1. The predicted molar refractivity (Wildman–Crippen MR) is 109 cm³/mol. The summed E-state index contributed by atoms with van der Waals surface area (Å²) in [5, 5.41) is 4.68. The Labute approximate surface area is 161 Å². The highest BCUT2D eigenvalue weighted by Crippen LogP contribution is 2.35. The molecule has 4 nitrogen and oxygen atoms in total. The molecule has 1 saturated carbocycles. The third-order valence-corrected chi connectivity index (χ3v) is 6.27. The zero-order chi connectivity index (χ0) is 18.8. The molecule has 1 aliphatic carbocycles. The van der Waals surface area contributed by atoms with E-state index in [-0.39, 0.29) is 5.91 Å². The second-order valence-electron chi connectivity index (χ2n) is 7.95. The van der Waals surface area contributed by atoms with E-state index in [1.165, 1.54) is 32.1 Å². The first-order chi connectivity index (χ1) is 13.1. The molecule has 2 heterocycles. The quantitative estimate of drug-likeness (QED) is 0.743. The van der Waals surface area contributed by atoms with E-state index in [2.05, 4.69) is 29.1 Å². The third kappa shape index (κ3) is 3.58. The Morgan fingerprint density at radius 3 is 2.63 bits per heavy atom. The fourth-order valence-electron chi connectivity index (χ4n) is 4.87. The summed E-state index contributed by atoms with van der Waals surface area (Å²) in [5.74, 6) is 0.881. The van der Waals surface area contributed by atoms with Crippen molar-refractivity contribution in [1.29, 1.82) is 0 Å².